The van der Waals surface area contributed by atoms with E-state index in [1.54, 1.807) is 5.56 Å². The van der Waals surface area contributed by atoms with Crippen LogP contribution in [-0.2, 0) is 23.7 Å². The maximum Gasteiger partial charge on any atom is 0.0542 e. The number of unbranched alkanes of at least 4 members (excludes halogenated alkanes) is 4. The van der Waals surface area contributed by atoms with Crippen molar-refractivity contribution in [2.45, 2.75) is 127 Å². The third kappa shape index (κ3) is 11.6. The molecule has 0 bridgehead atoms. The molecule has 0 radical (unpaired) electrons. The van der Waals surface area contributed by atoms with Crippen LogP contribution in [0.4, 0.5) is 17.1 Å². The van der Waals surface area contributed by atoms with E-state index < -0.39 is 0 Å². The minimum atomic E-state index is -0.199. The first-order valence-corrected chi connectivity index (χ1v) is 37.7. The minimum absolute atomic E-state index is 0.145. The van der Waals surface area contributed by atoms with Gasteiger partial charge in [0, 0.05) is 44.4 Å². The zero-order chi connectivity index (χ0) is 68.9. The van der Waals surface area contributed by atoms with Gasteiger partial charge in [0.1, 0.15) is 0 Å². The van der Waals surface area contributed by atoms with Crippen LogP contribution >= 0.6 is 0 Å². The third-order valence-electron chi connectivity index (χ3n) is 23.8. The average Bonchev–Trinajstić information content (AvgIpc) is 1.57. The molecule has 0 fully saturated rings. The molecule has 4 atom stereocenters. The number of hydrogen-bond acceptors (Lipinski definition) is 1. The molecule has 13 aromatic carbocycles. The summed E-state index contributed by atoms with van der Waals surface area (Å²) in [5.74, 6) is 1.19. The smallest absolute Gasteiger partial charge is 0.0542 e. The van der Waals surface area contributed by atoms with Crippen molar-refractivity contribution in [3.05, 3.63) is 372 Å². The van der Waals surface area contributed by atoms with E-state index in [2.05, 4.69) is 353 Å². The second-order valence-electron chi connectivity index (χ2n) is 30.0. The van der Waals surface area contributed by atoms with E-state index in [1.807, 2.05) is 0 Å². The van der Waals surface area contributed by atoms with E-state index in [0.717, 1.165) is 54.9 Å². The number of benzene rings is 13. The van der Waals surface area contributed by atoms with Gasteiger partial charge in [-0.25, -0.2) is 0 Å². The molecule has 1 aromatic heterocycles. The molecule has 0 saturated carbocycles. The minimum Gasteiger partial charge on any atom is -0.310 e. The maximum atomic E-state index is 3.99. The van der Waals surface area contributed by atoms with Crippen LogP contribution in [0.5, 0.6) is 0 Å². The van der Waals surface area contributed by atoms with Crippen molar-refractivity contribution < 1.29 is 0 Å². The predicted octanol–water partition coefficient (Wildman–Crippen LogP) is 27.4. The van der Waals surface area contributed by atoms with E-state index in [0.29, 0.717) is 17.8 Å². The fraction of sp³-hybridized carbons (Fsp3) is 0.200. The number of anilines is 3. The Hall–Kier alpha value is -10.8. The topological polar surface area (TPSA) is 8.17 Å². The van der Waals surface area contributed by atoms with Gasteiger partial charge in [0.25, 0.3) is 0 Å². The fourth-order valence-electron chi connectivity index (χ4n) is 18.2. The van der Waals surface area contributed by atoms with Gasteiger partial charge in [0.2, 0.25) is 0 Å². The lowest BCUT2D eigenvalue weighted by Crippen LogP contribution is -2.27. The van der Waals surface area contributed by atoms with Crippen molar-refractivity contribution in [1.29, 1.82) is 0 Å². The molecular weight excluding hydrogens is 1230 g/mol. The Morgan fingerprint density at radius 2 is 0.922 bits per heavy atom. The standard InChI is InChI=1S/C100H90N2/c1-6-8-9-10-11-25-60-100(82-28-17-13-18-29-82)94-35-24-22-33-88(94)90-56-50-80(65-96(90)100)76-42-40-72(41-43-76)69(7-2)62-81(78-47-45-74-44-46-77(74)63-78)61-68(3)70-36-38-75(39-37-70)79-51-58-97-91(64-79)92-66-85(55-59-98(92)102(97)83-30-19-14-20-31-83)101(84-52-48-73(49-53-84)71-26-15-12-16-27-71)86-54-57-89-87-32-21-23-34-93(87)99(4,5)95(89)67-86/h6,12-24,26-43,45,47-59,63-69,81H,1,7-11,25,44,46,60-62H2,2-5H3. The van der Waals surface area contributed by atoms with Crippen LogP contribution in [0.3, 0.4) is 0 Å². The van der Waals surface area contributed by atoms with E-state index in [4.69, 9.17) is 0 Å². The zero-order valence-electron chi connectivity index (χ0n) is 59.6. The molecule has 1 heterocycles. The Morgan fingerprint density at radius 1 is 0.402 bits per heavy atom. The molecule has 14 aromatic rings. The quantitative estimate of drug-likeness (QED) is 0.0458. The molecule has 0 N–H and O–H groups in total. The van der Waals surface area contributed by atoms with Gasteiger partial charge in [-0.05, 0) is 253 Å². The summed E-state index contributed by atoms with van der Waals surface area (Å²) < 4.78 is 2.45. The molecule has 2 nitrogen and oxygen atoms in total. The number of rotatable bonds is 23. The SMILES string of the molecule is C=CCCCCCCC1(c2ccccc2)c2ccccc2-c2ccc(-c3ccc(C(CC)CC(CC(C)c4ccc(-c5ccc6c(c5)c5cc(N(c7ccc(-c8ccccc8)cc7)c7ccc8c(c7)C(C)(C)c7ccccc7-8)ccc5n6-c5ccccc5)cc4)c4ccc5c(c4)CC5)cc3)cc21. The number of aryl methyl sites for hydroxylation is 2. The first-order chi connectivity index (χ1) is 50.1. The summed E-state index contributed by atoms with van der Waals surface area (Å²) in [6, 6.07) is 116. The summed E-state index contributed by atoms with van der Waals surface area (Å²) in [5, 5.41) is 2.45. The van der Waals surface area contributed by atoms with Gasteiger partial charge in [0.05, 0.1) is 11.0 Å². The summed E-state index contributed by atoms with van der Waals surface area (Å²) >= 11 is 0. The highest BCUT2D eigenvalue weighted by molar-refractivity contribution is 6.12. The summed E-state index contributed by atoms with van der Waals surface area (Å²) in [6.45, 7) is 13.6. The van der Waals surface area contributed by atoms with Crippen molar-refractivity contribution in [3.63, 3.8) is 0 Å². The first kappa shape index (κ1) is 64.6. The van der Waals surface area contributed by atoms with E-state index in [9.17, 15) is 0 Å². The molecule has 0 aliphatic heterocycles. The van der Waals surface area contributed by atoms with Gasteiger partial charge in [-0.2, -0.15) is 0 Å². The largest absolute Gasteiger partial charge is 0.310 e. The van der Waals surface area contributed by atoms with Gasteiger partial charge >= 0.3 is 0 Å². The second kappa shape index (κ2) is 27.3. The van der Waals surface area contributed by atoms with Crippen LogP contribution in [-0.4, -0.2) is 4.57 Å². The molecule has 3 aliphatic carbocycles. The lowest BCUT2D eigenvalue weighted by atomic mass is 9.69. The van der Waals surface area contributed by atoms with Gasteiger partial charge < -0.3 is 9.47 Å². The summed E-state index contributed by atoms with van der Waals surface area (Å²) in [7, 11) is 0. The Bertz CT molecular complexity index is 5380. The molecule has 500 valence electrons. The highest BCUT2D eigenvalue weighted by atomic mass is 15.1. The highest BCUT2D eigenvalue weighted by Crippen LogP contribution is 2.57. The summed E-state index contributed by atoms with van der Waals surface area (Å²) in [6.07, 6.45) is 14.8. The number of nitrogens with zero attached hydrogens (tertiary/aromatic N) is 2. The van der Waals surface area contributed by atoms with E-state index in [1.165, 1.54) is 166 Å². The first-order valence-electron chi connectivity index (χ1n) is 37.7. The molecule has 0 saturated heterocycles. The Kier molecular flexibility index (Phi) is 17.3. The van der Waals surface area contributed by atoms with Gasteiger partial charge in [-0.15, -0.1) is 6.58 Å². The van der Waals surface area contributed by atoms with Crippen molar-refractivity contribution in [1.82, 2.24) is 4.57 Å². The third-order valence-corrected chi connectivity index (χ3v) is 23.8. The van der Waals surface area contributed by atoms with Crippen LogP contribution in [0.25, 0.3) is 83.1 Å². The molecule has 17 rings (SSSR count). The van der Waals surface area contributed by atoms with Crippen molar-refractivity contribution in [3.8, 4) is 61.3 Å². The van der Waals surface area contributed by atoms with Crippen LogP contribution < -0.4 is 4.90 Å². The molecule has 102 heavy (non-hydrogen) atoms. The highest BCUT2D eigenvalue weighted by Gasteiger charge is 2.44. The number of hydrogen-bond donors (Lipinski definition) is 0. The maximum absolute atomic E-state index is 3.99. The van der Waals surface area contributed by atoms with Crippen LogP contribution in [0, 0.1) is 0 Å². The Labute approximate surface area is 604 Å². The Balaban J connectivity index is 0.667. The molecular formula is C100H90N2. The fourth-order valence-corrected chi connectivity index (χ4v) is 18.2. The predicted molar refractivity (Wildman–Crippen MR) is 433 cm³/mol. The molecule has 4 unspecified atom stereocenters. The number of fused-ring (bicyclic) bond motifs is 10. The van der Waals surface area contributed by atoms with Crippen molar-refractivity contribution in [2.75, 3.05) is 4.90 Å². The normalized spacial score (nSPS) is 15.4. The van der Waals surface area contributed by atoms with E-state index in [-0.39, 0.29) is 10.8 Å². The lowest BCUT2D eigenvalue weighted by Gasteiger charge is -2.33. The number of para-hydroxylation sites is 1. The van der Waals surface area contributed by atoms with Gasteiger partial charge in [0.15, 0.2) is 0 Å². The number of allylic oxidation sites excluding steroid dienone is 1. The molecule has 2 heteroatoms. The molecule has 0 spiro atoms. The average molecular weight is 1320 g/mol. The summed E-state index contributed by atoms with van der Waals surface area (Å²) in [4.78, 5) is 2.47. The van der Waals surface area contributed by atoms with Gasteiger partial charge in [-0.3, -0.25) is 0 Å². The Morgan fingerprint density at radius 3 is 1.63 bits per heavy atom. The molecule has 3 aliphatic rings. The number of aromatic nitrogens is 1. The van der Waals surface area contributed by atoms with Crippen LogP contribution in [0.1, 0.15) is 159 Å². The van der Waals surface area contributed by atoms with E-state index >= 15 is 0 Å². The monoisotopic (exact) mass is 1320 g/mol. The lowest BCUT2D eigenvalue weighted by molar-refractivity contribution is 0.467. The second-order valence-corrected chi connectivity index (χ2v) is 30.0. The summed E-state index contributed by atoms with van der Waals surface area (Å²) in [5.41, 5.74) is 33.8. The van der Waals surface area contributed by atoms with Crippen LogP contribution in [0.15, 0.2) is 316 Å². The van der Waals surface area contributed by atoms with Gasteiger partial charge in [-0.1, -0.05) is 284 Å². The molecule has 0 amide bonds. The van der Waals surface area contributed by atoms with Crippen molar-refractivity contribution >= 4 is 38.9 Å². The van der Waals surface area contributed by atoms with Crippen LogP contribution in [0.2, 0.25) is 0 Å². The zero-order valence-corrected chi connectivity index (χ0v) is 59.6. The van der Waals surface area contributed by atoms with Crippen molar-refractivity contribution in [2.24, 2.45) is 0 Å².